The van der Waals surface area contributed by atoms with Gasteiger partial charge in [0.25, 0.3) is 0 Å². The van der Waals surface area contributed by atoms with E-state index in [0.29, 0.717) is 6.42 Å². The highest BCUT2D eigenvalue weighted by Crippen LogP contribution is 2.06. The summed E-state index contributed by atoms with van der Waals surface area (Å²) in [7, 11) is 3.95. The van der Waals surface area contributed by atoms with E-state index in [0.717, 1.165) is 12.1 Å². The Balaban J connectivity index is 0.00000196. The summed E-state index contributed by atoms with van der Waals surface area (Å²) in [5.41, 5.74) is 2.01. The molecule has 0 amide bonds. The van der Waals surface area contributed by atoms with Crippen LogP contribution in [-0.2, 0) is 0 Å². The van der Waals surface area contributed by atoms with Gasteiger partial charge < -0.3 is 4.90 Å². The largest absolute Gasteiger partial charge is 0.309 e. The van der Waals surface area contributed by atoms with E-state index in [4.69, 9.17) is 0 Å². The smallest absolute Gasteiger partial charge is 0.164 e. The Morgan fingerprint density at radius 1 is 1.20 bits per heavy atom. The summed E-state index contributed by atoms with van der Waals surface area (Å²) >= 11 is 0. The fourth-order valence-electron chi connectivity index (χ4n) is 1.21. The van der Waals surface area contributed by atoms with Gasteiger partial charge in [-0.3, -0.25) is 4.79 Å². The zero-order valence-electron chi connectivity index (χ0n) is 9.49. The van der Waals surface area contributed by atoms with Gasteiger partial charge in [0.2, 0.25) is 0 Å². The lowest BCUT2D eigenvalue weighted by atomic mass is 10.1. The summed E-state index contributed by atoms with van der Waals surface area (Å²) in [5, 5.41) is 0. The number of Topliss-reactive ketones (excluding diaryl/α,β-unsaturated/α-hetero) is 1. The minimum atomic E-state index is 0. The fourth-order valence-corrected chi connectivity index (χ4v) is 1.21. The number of ketones is 1. The Morgan fingerprint density at radius 3 is 2.20 bits per heavy atom. The molecular formula is C12H18BrNO. The Morgan fingerprint density at radius 2 is 1.73 bits per heavy atom. The third-order valence-electron chi connectivity index (χ3n) is 2.16. The van der Waals surface area contributed by atoms with Gasteiger partial charge in [-0.05, 0) is 21.0 Å². The zero-order chi connectivity index (χ0) is 10.6. The average Bonchev–Trinajstić information content (AvgIpc) is 2.15. The monoisotopic (exact) mass is 271 g/mol. The molecule has 0 unspecified atom stereocenters. The Labute approximate surface area is 102 Å². The van der Waals surface area contributed by atoms with Crippen LogP contribution in [0.15, 0.2) is 24.3 Å². The van der Waals surface area contributed by atoms with E-state index >= 15 is 0 Å². The molecule has 0 radical (unpaired) electrons. The molecular weight excluding hydrogens is 254 g/mol. The summed E-state index contributed by atoms with van der Waals surface area (Å²) in [4.78, 5) is 13.7. The number of hydrogen-bond donors (Lipinski definition) is 0. The highest BCUT2D eigenvalue weighted by atomic mass is 79.9. The molecule has 1 rings (SSSR count). The van der Waals surface area contributed by atoms with E-state index in [-0.39, 0.29) is 22.8 Å². The number of hydrogen-bond acceptors (Lipinski definition) is 2. The summed E-state index contributed by atoms with van der Waals surface area (Å²) in [6.45, 7) is 2.83. The Kier molecular flexibility index (Phi) is 6.45. The first kappa shape index (κ1) is 14.3. The molecule has 15 heavy (non-hydrogen) atoms. The topological polar surface area (TPSA) is 20.3 Å². The highest BCUT2D eigenvalue weighted by Gasteiger charge is 2.04. The number of aryl methyl sites for hydroxylation is 1. The lowest BCUT2D eigenvalue weighted by Crippen LogP contribution is -2.16. The van der Waals surface area contributed by atoms with Gasteiger partial charge in [0, 0.05) is 18.5 Å². The molecule has 0 heterocycles. The van der Waals surface area contributed by atoms with Gasteiger partial charge in [0.1, 0.15) is 0 Å². The maximum Gasteiger partial charge on any atom is 0.164 e. The van der Waals surface area contributed by atoms with Crippen molar-refractivity contribution in [2.24, 2.45) is 0 Å². The van der Waals surface area contributed by atoms with Crippen LogP contribution >= 0.6 is 17.0 Å². The molecule has 0 saturated carbocycles. The van der Waals surface area contributed by atoms with E-state index in [1.807, 2.05) is 50.2 Å². The molecule has 0 fully saturated rings. The SMILES string of the molecule is Br.Cc1ccc(C(=O)CCN(C)C)cc1. The zero-order valence-corrected chi connectivity index (χ0v) is 11.2. The molecule has 0 bridgehead atoms. The van der Waals surface area contributed by atoms with E-state index in [1.165, 1.54) is 5.56 Å². The molecule has 0 aliphatic carbocycles. The van der Waals surface area contributed by atoms with Crippen LogP contribution in [0.3, 0.4) is 0 Å². The maximum absolute atomic E-state index is 11.6. The molecule has 2 nitrogen and oxygen atoms in total. The molecule has 3 heteroatoms. The van der Waals surface area contributed by atoms with Crippen molar-refractivity contribution in [2.75, 3.05) is 20.6 Å². The normalized spacial score (nSPS) is 9.87. The molecule has 0 N–H and O–H groups in total. The first-order chi connectivity index (χ1) is 6.59. The molecule has 84 valence electrons. The van der Waals surface area contributed by atoms with Crippen LogP contribution in [0.1, 0.15) is 22.3 Å². The second-order valence-electron chi connectivity index (χ2n) is 3.84. The van der Waals surface area contributed by atoms with Crippen molar-refractivity contribution in [1.82, 2.24) is 4.90 Å². The second kappa shape index (κ2) is 6.75. The molecule has 0 aromatic heterocycles. The molecule has 0 atom stereocenters. The Hall–Kier alpha value is -0.670. The summed E-state index contributed by atoms with van der Waals surface area (Å²) < 4.78 is 0. The van der Waals surface area contributed by atoms with Crippen LogP contribution in [0.2, 0.25) is 0 Å². The van der Waals surface area contributed by atoms with E-state index in [1.54, 1.807) is 0 Å². The van der Waals surface area contributed by atoms with Crippen molar-refractivity contribution in [3.63, 3.8) is 0 Å². The van der Waals surface area contributed by atoms with Gasteiger partial charge in [-0.15, -0.1) is 17.0 Å². The number of benzene rings is 1. The summed E-state index contributed by atoms with van der Waals surface area (Å²) in [6.07, 6.45) is 0.593. The molecule has 0 spiro atoms. The van der Waals surface area contributed by atoms with Crippen molar-refractivity contribution in [3.05, 3.63) is 35.4 Å². The van der Waals surface area contributed by atoms with Crippen LogP contribution in [0.25, 0.3) is 0 Å². The molecule has 0 saturated heterocycles. The number of halogens is 1. The number of carbonyl (C=O) groups excluding carboxylic acids is 1. The summed E-state index contributed by atoms with van der Waals surface area (Å²) in [6, 6.07) is 7.74. The minimum Gasteiger partial charge on any atom is -0.309 e. The predicted octanol–water partition coefficient (Wildman–Crippen LogP) is 2.71. The highest BCUT2D eigenvalue weighted by molar-refractivity contribution is 8.93. The first-order valence-corrected chi connectivity index (χ1v) is 4.84. The van der Waals surface area contributed by atoms with E-state index in [2.05, 4.69) is 0 Å². The van der Waals surface area contributed by atoms with Gasteiger partial charge in [-0.1, -0.05) is 29.8 Å². The van der Waals surface area contributed by atoms with Gasteiger partial charge in [-0.25, -0.2) is 0 Å². The number of carbonyl (C=O) groups is 1. The maximum atomic E-state index is 11.6. The van der Waals surface area contributed by atoms with Crippen molar-refractivity contribution in [2.45, 2.75) is 13.3 Å². The van der Waals surface area contributed by atoms with Crippen LogP contribution < -0.4 is 0 Å². The van der Waals surface area contributed by atoms with Crippen LogP contribution in [-0.4, -0.2) is 31.3 Å². The van der Waals surface area contributed by atoms with Gasteiger partial charge >= 0.3 is 0 Å². The lowest BCUT2D eigenvalue weighted by Gasteiger charge is -2.08. The summed E-state index contributed by atoms with van der Waals surface area (Å²) in [5.74, 6) is 0.221. The fraction of sp³-hybridized carbons (Fsp3) is 0.417. The average molecular weight is 272 g/mol. The van der Waals surface area contributed by atoms with Crippen LogP contribution in [0.5, 0.6) is 0 Å². The van der Waals surface area contributed by atoms with E-state index in [9.17, 15) is 4.79 Å². The van der Waals surface area contributed by atoms with Gasteiger partial charge in [0.15, 0.2) is 5.78 Å². The predicted molar refractivity (Wildman–Crippen MR) is 69.0 cm³/mol. The van der Waals surface area contributed by atoms with Gasteiger partial charge in [0.05, 0.1) is 0 Å². The lowest BCUT2D eigenvalue weighted by molar-refractivity contribution is 0.0972. The molecule has 0 aliphatic rings. The van der Waals surface area contributed by atoms with Crippen molar-refractivity contribution < 1.29 is 4.79 Å². The number of nitrogens with zero attached hydrogens (tertiary/aromatic N) is 1. The standard InChI is InChI=1S/C12H17NO.BrH/c1-10-4-6-11(7-5-10)12(14)8-9-13(2)3;/h4-7H,8-9H2,1-3H3;1H. The molecule has 1 aromatic carbocycles. The van der Waals surface area contributed by atoms with Crippen LogP contribution in [0, 0.1) is 6.92 Å². The van der Waals surface area contributed by atoms with Crippen molar-refractivity contribution in [3.8, 4) is 0 Å². The quantitative estimate of drug-likeness (QED) is 0.785. The molecule has 1 aromatic rings. The third-order valence-corrected chi connectivity index (χ3v) is 2.16. The van der Waals surface area contributed by atoms with E-state index < -0.39 is 0 Å². The van der Waals surface area contributed by atoms with Crippen molar-refractivity contribution in [1.29, 1.82) is 0 Å². The Bertz CT molecular complexity index is 306. The number of rotatable bonds is 4. The van der Waals surface area contributed by atoms with Crippen molar-refractivity contribution >= 4 is 22.8 Å². The van der Waals surface area contributed by atoms with Crippen LogP contribution in [0.4, 0.5) is 0 Å². The third kappa shape index (κ3) is 5.09. The second-order valence-corrected chi connectivity index (χ2v) is 3.84. The minimum absolute atomic E-state index is 0. The first-order valence-electron chi connectivity index (χ1n) is 4.84. The molecule has 0 aliphatic heterocycles. The van der Waals surface area contributed by atoms with Gasteiger partial charge in [-0.2, -0.15) is 0 Å².